The van der Waals surface area contributed by atoms with E-state index in [9.17, 15) is 0 Å². The summed E-state index contributed by atoms with van der Waals surface area (Å²) in [4.78, 5) is 4.35. The highest BCUT2D eigenvalue weighted by molar-refractivity contribution is 6.17. The number of alkyl halides is 1. The van der Waals surface area contributed by atoms with Crippen LogP contribution in [0.3, 0.4) is 0 Å². The van der Waals surface area contributed by atoms with Gasteiger partial charge in [0.05, 0.1) is 0 Å². The third kappa shape index (κ3) is 3.30. The van der Waals surface area contributed by atoms with Crippen molar-refractivity contribution >= 4 is 11.6 Å². The van der Waals surface area contributed by atoms with Gasteiger partial charge in [0.15, 0.2) is 5.82 Å². The number of aromatic nitrogens is 2. The van der Waals surface area contributed by atoms with Crippen LogP contribution in [0.25, 0.3) is 0 Å². The summed E-state index contributed by atoms with van der Waals surface area (Å²) in [5.74, 6) is 2.04. The van der Waals surface area contributed by atoms with Crippen LogP contribution in [0.15, 0.2) is 28.8 Å². The monoisotopic (exact) mass is 250 g/mol. The first-order valence-electron chi connectivity index (χ1n) is 5.71. The summed E-state index contributed by atoms with van der Waals surface area (Å²) < 4.78 is 5.16. The van der Waals surface area contributed by atoms with Gasteiger partial charge in [-0.05, 0) is 24.5 Å². The molecule has 0 unspecified atom stereocenters. The number of rotatable bonds is 5. The molecule has 90 valence electrons. The minimum Gasteiger partial charge on any atom is -0.339 e. The summed E-state index contributed by atoms with van der Waals surface area (Å²) in [6, 6.07) is 8.23. The molecule has 1 aromatic carbocycles. The quantitative estimate of drug-likeness (QED) is 0.766. The van der Waals surface area contributed by atoms with E-state index in [2.05, 4.69) is 29.2 Å². The summed E-state index contributed by atoms with van der Waals surface area (Å²) in [7, 11) is 0. The van der Waals surface area contributed by atoms with Crippen LogP contribution in [0.1, 0.15) is 29.3 Å². The Morgan fingerprint density at radius 3 is 2.88 bits per heavy atom. The summed E-state index contributed by atoms with van der Waals surface area (Å²) in [6.07, 6.45) is 2.34. The number of nitrogens with zero attached hydrogens (tertiary/aromatic N) is 2. The van der Waals surface area contributed by atoms with Crippen LogP contribution in [-0.2, 0) is 12.8 Å². The second-order valence-corrected chi connectivity index (χ2v) is 4.38. The van der Waals surface area contributed by atoms with Gasteiger partial charge >= 0.3 is 0 Å². The molecule has 0 spiro atoms. The Morgan fingerprint density at radius 2 is 2.12 bits per heavy atom. The molecule has 2 aromatic rings. The van der Waals surface area contributed by atoms with Crippen molar-refractivity contribution in [1.82, 2.24) is 10.1 Å². The van der Waals surface area contributed by atoms with Crippen LogP contribution in [0.5, 0.6) is 0 Å². The lowest BCUT2D eigenvalue weighted by Crippen LogP contribution is -1.94. The smallest absolute Gasteiger partial charge is 0.226 e. The molecular weight excluding hydrogens is 236 g/mol. The van der Waals surface area contributed by atoms with Crippen molar-refractivity contribution in [3.05, 3.63) is 47.1 Å². The minimum atomic E-state index is 0.621. The molecule has 2 rings (SSSR count). The predicted octanol–water partition coefficient (Wildman–Crippen LogP) is 3.14. The van der Waals surface area contributed by atoms with Gasteiger partial charge in [-0.25, -0.2) is 0 Å². The molecular formula is C13H15ClN2O. The Balaban J connectivity index is 2.04. The molecule has 0 saturated heterocycles. The van der Waals surface area contributed by atoms with Gasteiger partial charge in [0.2, 0.25) is 5.89 Å². The Bertz CT molecular complexity index is 482. The van der Waals surface area contributed by atoms with Crippen LogP contribution < -0.4 is 0 Å². The Hall–Kier alpha value is -1.35. The van der Waals surface area contributed by atoms with E-state index < -0.39 is 0 Å². The number of halogens is 1. The lowest BCUT2D eigenvalue weighted by molar-refractivity contribution is 0.373. The normalized spacial score (nSPS) is 10.7. The molecule has 0 bridgehead atoms. The van der Waals surface area contributed by atoms with Crippen LogP contribution in [0, 0.1) is 6.92 Å². The fourth-order valence-corrected chi connectivity index (χ4v) is 1.79. The van der Waals surface area contributed by atoms with Crippen LogP contribution in [-0.4, -0.2) is 16.0 Å². The van der Waals surface area contributed by atoms with Crippen molar-refractivity contribution in [2.75, 3.05) is 5.88 Å². The van der Waals surface area contributed by atoms with E-state index in [1.165, 1.54) is 11.1 Å². The molecule has 0 saturated carbocycles. The third-order valence-corrected chi connectivity index (χ3v) is 2.91. The topological polar surface area (TPSA) is 38.9 Å². The van der Waals surface area contributed by atoms with Crippen LogP contribution >= 0.6 is 11.6 Å². The van der Waals surface area contributed by atoms with Gasteiger partial charge in [-0.15, -0.1) is 11.6 Å². The SMILES string of the molecule is Cc1ccccc1Cc1noc(CCCCl)n1. The molecule has 0 amide bonds. The van der Waals surface area contributed by atoms with Crippen molar-refractivity contribution in [2.45, 2.75) is 26.2 Å². The molecule has 0 N–H and O–H groups in total. The van der Waals surface area contributed by atoms with Gasteiger partial charge in [-0.3, -0.25) is 0 Å². The summed E-state index contributed by atoms with van der Waals surface area (Å²) >= 11 is 5.62. The van der Waals surface area contributed by atoms with Gasteiger partial charge in [0.25, 0.3) is 0 Å². The summed E-state index contributed by atoms with van der Waals surface area (Å²) in [6.45, 7) is 2.09. The minimum absolute atomic E-state index is 0.621. The van der Waals surface area contributed by atoms with Gasteiger partial charge < -0.3 is 4.52 Å². The molecule has 0 aliphatic heterocycles. The molecule has 17 heavy (non-hydrogen) atoms. The van der Waals surface area contributed by atoms with E-state index in [0.29, 0.717) is 11.8 Å². The fraction of sp³-hybridized carbons (Fsp3) is 0.385. The maximum Gasteiger partial charge on any atom is 0.226 e. The molecule has 0 radical (unpaired) electrons. The zero-order valence-electron chi connectivity index (χ0n) is 9.82. The molecule has 1 heterocycles. The zero-order chi connectivity index (χ0) is 12.1. The zero-order valence-corrected chi connectivity index (χ0v) is 10.6. The van der Waals surface area contributed by atoms with Crippen LogP contribution in [0.2, 0.25) is 0 Å². The predicted molar refractivity (Wildman–Crippen MR) is 67.3 cm³/mol. The van der Waals surface area contributed by atoms with Gasteiger partial charge in [0, 0.05) is 18.7 Å². The first-order valence-corrected chi connectivity index (χ1v) is 6.25. The molecule has 0 aliphatic rings. The maximum atomic E-state index is 5.62. The molecule has 4 heteroatoms. The number of benzene rings is 1. The second-order valence-electron chi connectivity index (χ2n) is 4.00. The van der Waals surface area contributed by atoms with Crippen molar-refractivity contribution in [1.29, 1.82) is 0 Å². The van der Waals surface area contributed by atoms with Gasteiger partial charge in [-0.1, -0.05) is 29.4 Å². The molecule has 0 aliphatic carbocycles. The summed E-state index contributed by atoms with van der Waals surface area (Å²) in [5, 5.41) is 3.98. The molecule has 3 nitrogen and oxygen atoms in total. The highest BCUT2D eigenvalue weighted by Gasteiger charge is 2.07. The highest BCUT2D eigenvalue weighted by atomic mass is 35.5. The van der Waals surface area contributed by atoms with E-state index in [1.807, 2.05) is 12.1 Å². The van der Waals surface area contributed by atoms with E-state index in [-0.39, 0.29) is 0 Å². The number of hydrogen-bond donors (Lipinski definition) is 0. The first kappa shape index (κ1) is 12.1. The van der Waals surface area contributed by atoms with Crippen molar-refractivity contribution < 1.29 is 4.52 Å². The lowest BCUT2D eigenvalue weighted by Gasteiger charge is -2.00. The average molecular weight is 251 g/mol. The van der Waals surface area contributed by atoms with Gasteiger partial charge in [0.1, 0.15) is 0 Å². The standard InChI is InChI=1S/C13H15ClN2O/c1-10-5-2-3-6-11(10)9-12-15-13(17-16-12)7-4-8-14/h2-3,5-6H,4,7-9H2,1H3. The number of hydrogen-bond acceptors (Lipinski definition) is 3. The van der Waals surface area contributed by atoms with E-state index in [1.54, 1.807) is 0 Å². The molecule has 0 fully saturated rings. The molecule has 1 aromatic heterocycles. The van der Waals surface area contributed by atoms with E-state index in [4.69, 9.17) is 16.1 Å². The van der Waals surface area contributed by atoms with Crippen molar-refractivity contribution in [3.8, 4) is 0 Å². The Morgan fingerprint density at radius 1 is 1.29 bits per heavy atom. The first-order chi connectivity index (χ1) is 8.29. The Labute approximate surface area is 106 Å². The van der Waals surface area contributed by atoms with Crippen molar-refractivity contribution in [3.63, 3.8) is 0 Å². The third-order valence-electron chi connectivity index (χ3n) is 2.64. The van der Waals surface area contributed by atoms with Crippen LogP contribution in [0.4, 0.5) is 0 Å². The molecule has 0 atom stereocenters. The van der Waals surface area contributed by atoms with E-state index in [0.717, 1.165) is 25.1 Å². The average Bonchev–Trinajstić information content (AvgIpc) is 2.77. The Kier molecular flexibility index (Phi) is 4.15. The largest absolute Gasteiger partial charge is 0.339 e. The second kappa shape index (κ2) is 5.82. The number of aryl methyl sites for hydroxylation is 2. The van der Waals surface area contributed by atoms with E-state index >= 15 is 0 Å². The highest BCUT2D eigenvalue weighted by Crippen LogP contribution is 2.12. The fourth-order valence-electron chi connectivity index (χ4n) is 1.66. The maximum absolute atomic E-state index is 5.62. The van der Waals surface area contributed by atoms with Crippen molar-refractivity contribution in [2.24, 2.45) is 0 Å². The van der Waals surface area contributed by atoms with Gasteiger partial charge in [-0.2, -0.15) is 4.98 Å². The summed E-state index contributed by atoms with van der Waals surface area (Å²) in [5.41, 5.74) is 2.48. The lowest BCUT2D eigenvalue weighted by atomic mass is 10.1.